The summed E-state index contributed by atoms with van der Waals surface area (Å²) in [5.41, 5.74) is 0.780. The van der Waals surface area contributed by atoms with Crippen LogP contribution in [0.5, 0.6) is 5.75 Å². The predicted molar refractivity (Wildman–Crippen MR) is 59.2 cm³/mol. The minimum absolute atomic E-state index is 0.00529. The molecule has 0 aliphatic heterocycles. The minimum Gasteiger partial charge on any atom is -0.507 e. The number of carbonyl (C=O) groups is 2. The van der Waals surface area contributed by atoms with Crippen molar-refractivity contribution in [3.8, 4) is 5.75 Å². The molecule has 1 aromatic rings. The summed E-state index contributed by atoms with van der Waals surface area (Å²) < 4.78 is 4.45. The maximum absolute atomic E-state index is 10.8. The Morgan fingerprint density at radius 2 is 2.25 bits per heavy atom. The Balaban J connectivity index is 2.87. The highest BCUT2D eigenvalue weighted by atomic mass is 16.5. The molecule has 1 aromatic carbocycles. The Morgan fingerprint density at radius 3 is 2.88 bits per heavy atom. The number of carbonyl (C=O) groups excluding carboxylic acids is 2. The molecule has 0 spiro atoms. The molecule has 0 atom stereocenters. The fourth-order valence-corrected chi connectivity index (χ4v) is 1.21. The third-order valence-corrected chi connectivity index (χ3v) is 2.04. The molecule has 0 aromatic heterocycles. The van der Waals surface area contributed by atoms with Gasteiger partial charge in [-0.2, -0.15) is 0 Å². The molecule has 0 bridgehead atoms. The summed E-state index contributed by atoms with van der Waals surface area (Å²) in [6.07, 6.45) is 3.81. The molecule has 0 amide bonds. The number of esters is 1. The lowest BCUT2D eigenvalue weighted by atomic mass is 10.1. The molecule has 0 aliphatic rings. The van der Waals surface area contributed by atoms with Crippen LogP contribution in [0.1, 0.15) is 22.3 Å². The van der Waals surface area contributed by atoms with Crippen LogP contribution in [0.2, 0.25) is 0 Å². The topological polar surface area (TPSA) is 63.6 Å². The first-order chi connectivity index (χ1) is 7.69. The Kier molecular flexibility index (Phi) is 4.27. The zero-order chi connectivity index (χ0) is 12.0. The van der Waals surface area contributed by atoms with Gasteiger partial charge in [-0.05, 0) is 6.07 Å². The van der Waals surface area contributed by atoms with Gasteiger partial charge in [0.2, 0.25) is 0 Å². The molecular formula is C12H12O4. The van der Waals surface area contributed by atoms with Crippen molar-refractivity contribution in [2.75, 3.05) is 7.11 Å². The van der Waals surface area contributed by atoms with Crippen LogP contribution in [0.15, 0.2) is 24.3 Å². The van der Waals surface area contributed by atoms with Gasteiger partial charge in [0.1, 0.15) is 5.75 Å². The Labute approximate surface area is 93.2 Å². The van der Waals surface area contributed by atoms with Crippen LogP contribution in [0.4, 0.5) is 0 Å². The number of methoxy groups -OCH3 is 1. The van der Waals surface area contributed by atoms with Gasteiger partial charge in [-0.25, -0.2) is 0 Å². The number of phenols is 1. The first-order valence-corrected chi connectivity index (χ1v) is 4.69. The number of phenolic OH excluding ortho intramolecular Hbond substituents is 1. The van der Waals surface area contributed by atoms with Crippen molar-refractivity contribution in [2.45, 2.75) is 6.42 Å². The summed E-state index contributed by atoms with van der Waals surface area (Å²) in [5.74, 6) is -0.370. The number of rotatable bonds is 4. The van der Waals surface area contributed by atoms with Gasteiger partial charge in [-0.3, -0.25) is 9.59 Å². The van der Waals surface area contributed by atoms with Crippen LogP contribution >= 0.6 is 0 Å². The van der Waals surface area contributed by atoms with E-state index < -0.39 is 0 Å². The van der Waals surface area contributed by atoms with Crippen LogP contribution in [0.3, 0.4) is 0 Å². The van der Waals surface area contributed by atoms with Gasteiger partial charge in [-0.1, -0.05) is 24.3 Å². The number of ether oxygens (including phenoxy) is 1. The zero-order valence-corrected chi connectivity index (χ0v) is 8.84. The smallest absolute Gasteiger partial charge is 0.309 e. The molecule has 1 N–H and O–H groups in total. The second-order valence-corrected chi connectivity index (χ2v) is 3.08. The highest BCUT2D eigenvalue weighted by Gasteiger charge is 2.03. The third kappa shape index (κ3) is 2.95. The van der Waals surface area contributed by atoms with E-state index in [2.05, 4.69) is 4.74 Å². The molecule has 1 rings (SSSR count). The maximum atomic E-state index is 10.8. The first kappa shape index (κ1) is 12.0. The number of aldehydes is 1. The number of hydrogen-bond donors (Lipinski definition) is 1. The van der Waals surface area contributed by atoms with E-state index in [1.807, 2.05) is 0 Å². The quantitative estimate of drug-likeness (QED) is 0.620. The van der Waals surface area contributed by atoms with Crippen molar-refractivity contribution in [3.63, 3.8) is 0 Å². The molecule has 84 valence electrons. The second kappa shape index (κ2) is 5.70. The van der Waals surface area contributed by atoms with Crippen molar-refractivity contribution in [2.24, 2.45) is 0 Å². The largest absolute Gasteiger partial charge is 0.507 e. The molecule has 0 heterocycles. The number of benzene rings is 1. The highest BCUT2D eigenvalue weighted by molar-refractivity contribution is 5.84. The lowest BCUT2D eigenvalue weighted by Crippen LogP contribution is -1.96. The van der Waals surface area contributed by atoms with Gasteiger partial charge in [0.15, 0.2) is 6.29 Å². The normalized spacial score (nSPS) is 10.3. The monoisotopic (exact) mass is 220 g/mol. The Hall–Kier alpha value is -2.10. The minimum atomic E-state index is -0.376. The van der Waals surface area contributed by atoms with Gasteiger partial charge in [0.05, 0.1) is 13.5 Å². The first-order valence-electron chi connectivity index (χ1n) is 4.69. The van der Waals surface area contributed by atoms with Gasteiger partial charge in [0.25, 0.3) is 0 Å². The van der Waals surface area contributed by atoms with Crippen molar-refractivity contribution < 1.29 is 19.4 Å². The van der Waals surface area contributed by atoms with Crippen LogP contribution in [-0.4, -0.2) is 24.5 Å². The average molecular weight is 220 g/mol. The van der Waals surface area contributed by atoms with Gasteiger partial charge < -0.3 is 9.84 Å². The summed E-state index contributed by atoms with van der Waals surface area (Å²) in [5, 5.41) is 9.52. The van der Waals surface area contributed by atoms with E-state index in [-0.39, 0.29) is 18.1 Å². The molecule has 16 heavy (non-hydrogen) atoms. The number of aromatic hydroxyl groups is 1. The SMILES string of the molecule is COC(=O)CC=Cc1c(O)cccc1C=O. The van der Waals surface area contributed by atoms with Gasteiger partial charge in [-0.15, -0.1) is 0 Å². The van der Waals surface area contributed by atoms with Crippen LogP contribution in [0.25, 0.3) is 6.08 Å². The third-order valence-electron chi connectivity index (χ3n) is 2.04. The molecule has 4 nitrogen and oxygen atoms in total. The summed E-state index contributed by atoms with van der Waals surface area (Å²) in [6, 6.07) is 4.64. The molecule has 0 unspecified atom stereocenters. The highest BCUT2D eigenvalue weighted by Crippen LogP contribution is 2.21. The van der Waals surface area contributed by atoms with Crippen molar-refractivity contribution in [3.05, 3.63) is 35.4 Å². The molecule has 0 saturated carbocycles. The molecule has 4 heteroatoms. The standard InChI is InChI=1S/C12H12O4/c1-16-12(15)7-3-5-10-9(8-13)4-2-6-11(10)14/h2-6,8,14H,7H2,1H3. The van der Waals surface area contributed by atoms with E-state index in [1.54, 1.807) is 12.1 Å². The van der Waals surface area contributed by atoms with Crippen LogP contribution in [-0.2, 0) is 9.53 Å². The van der Waals surface area contributed by atoms with Crippen molar-refractivity contribution in [1.82, 2.24) is 0 Å². The predicted octanol–water partition coefficient (Wildman–Crippen LogP) is 1.78. The van der Waals surface area contributed by atoms with Crippen LogP contribution in [0, 0.1) is 0 Å². The molecule has 0 radical (unpaired) electrons. The number of hydrogen-bond acceptors (Lipinski definition) is 4. The Morgan fingerprint density at radius 1 is 1.50 bits per heavy atom. The van der Waals surface area contributed by atoms with Crippen molar-refractivity contribution in [1.29, 1.82) is 0 Å². The van der Waals surface area contributed by atoms with E-state index in [9.17, 15) is 14.7 Å². The van der Waals surface area contributed by atoms with Crippen LogP contribution < -0.4 is 0 Å². The van der Waals surface area contributed by atoms with E-state index in [1.165, 1.54) is 25.3 Å². The summed E-state index contributed by atoms with van der Waals surface area (Å²) in [4.78, 5) is 21.5. The molecule has 0 saturated heterocycles. The lowest BCUT2D eigenvalue weighted by molar-refractivity contribution is -0.139. The zero-order valence-electron chi connectivity index (χ0n) is 8.84. The maximum Gasteiger partial charge on any atom is 0.309 e. The van der Waals surface area contributed by atoms with E-state index >= 15 is 0 Å². The summed E-state index contributed by atoms with van der Waals surface area (Å²) in [6.45, 7) is 0. The fourth-order valence-electron chi connectivity index (χ4n) is 1.21. The Bertz CT molecular complexity index is 421. The van der Waals surface area contributed by atoms with Gasteiger partial charge >= 0.3 is 5.97 Å². The summed E-state index contributed by atoms with van der Waals surface area (Å²) >= 11 is 0. The second-order valence-electron chi connectivity index (χ2n) is 3.08. The van der Waals surface area contributed by atoms with Gasteiger partial charge in [0, 0.05) is 11.1 Å². The van der Waals surface area contributed by atoms with E-state index in [0.717, 1.165) is 0 Å². The molecule has 0 fully saturated rings. The van der Waals surface area contributed by atoms with E-state index in [0.29, 0.717) is 17.4 Å². The summed E-state index contributed by atoms with van der Waals surface area (Å²) in [7, 11) is 1.30. The van der Waals surface area contributed by atoms with E-state index in [4.69, 9.17) is 0 Å². The molecular weight excluding hydrogens is 208 g/mol. The van der Waals surface area contributed by atoms with Crippen molar-refractivity contribution >= 4 is 18.3 Å². The average Bonchev–Trinajstić information content (AvgIpc) is 2.30. The molecule has 0 aliphatic carbocycles. The fraction of sp³-hybridized carbons (Fsp3) is 0.167. The lowest BCUT2D eigenvalue weighted by Gasteiger charge is -2.01.